The summed E-state index contributed by atoms with van der Waals surface area (Å²) < 4.78 is 34.5. The second-order valence-corrected chi connectivity index (χ2v) is 9.89. The standard InChI is InChI=1S/C23H21N3O5S2/c1-3-25(19-9-5-4-6-10-19)33(29,30)20-11-7-8-17(12-20)22(28)31-14-18-13-21(27)26-16(2)15-32-23(26)24-18/h4-13,15H,3,14H2,1-2H3. The molecule has 2 aromatic carbocycles. The van der Waals surface area contributed by atoms with E-state index >= 15 is 0 Å². The lowest BCUT2D eigenvalue weighted by Gasteiger charge is -2.23. The number of aryl methyl sites for hydroxylation is 1. The van der Waals surface area contributed by atoms with Crippen molar-refractivity contribution in [1.29, 1.82) is 0 Å². The van der Waals surface area contributed by atoms with E-state index in [1.165, 1.54) is 50.4 Å². The molecule has 4 rings (SSSR count). The Labute approximate surface area is 194 Å². The van der Waals surface area contributed by atoms with Crippen LogP contribution in [0.2, 0.25) is 0 Å². The zero-order valence-corrected chi connectivity index (χ0v) is 19.6. The van der Waals surface area contributed by atoms with Gasteiger partial charge in [0.15, 0.2) is 4.96 Å². The van der Waals surface area contributed by atoms with Crippen LogP contribution in [0.3, 0.4) is 0 Å². The molecule has 2 heterocycles. The van der Waals surface area contributed by atoms with Crippen molar-refractivity contribution in [2.45, 2.75) is 25.3 Å². The smallest absolute Gasteiger partial charge is 0.338 e. The van der Waals surface area contributed by atoms with Crippen molar-refractivity contribution in [3.8, 4) is 0 Å². The van der Waals surface area contributed by atoms with Crippen molar-refractivity contribution in [3.05, 3.63) is 93.3 Å². The summed E-state index contributed by atoms with van der Waals surface area (Å²) in [4.78, 5) is 29.7. The fourth-order valence-corrected chi connectivity index (χ4v) is 5.80. The minimum atomic E-state index is -3.88. The summed E-state index contributed by atoms with van der Waals surface area (Å²) in [5.41, 5.74) is 1.47. The van der Waals surface area contributed by atoms with Crippen molar-refractivity contribution in [3.63, 3.8) is 0 Å². The van der Waals surface area contributed by atoms with Gasteiger partial charge in [-0.25, -0.2) is 18.2 Å². The van der Waals surface area contributed by atoms with Crippen LogP contribution in [0.15, 0.2) is 75.7 Å². The Morgan fingerprint density at radius 1 is 1.12 bits per heavy atom. The number of rotatable bonds is 7. The first-order chi connectivity index (χ1) is 15.8. The second-order valence-electron chi connectivity index (χ2n) is 7.19. The topological polar surface area (TPSA) is 98.0 Å². The fraction of sp³-hybridized carbons (Fsp3) is 0.174. The second kappa shape index (κ2) is 9.16. The average molecular weight is 484 g/mol. The average Bonchev–Trinajstić information content (AvgIpc) is 3.19. The van der Waals surface area contributed by atoms with Gasteiger partial charge in [-0.3, -0.25) is 13.5 Å². The number of carbonyl (C=O) groups is 1. The van der Waals surface area contributed by atoms with Crippen molar-refractivity contribution >= 4 is 38.0 Å². The predicted molar refractivity (Wildman–Crippen MR) is 126 cm³/mol. The Morgan fingerprint density at radius 2 is 1.88 bits per heavy atom. The SMILES string of the molecule is CCN(c1ccccc1)S(=O)(=O)c1cccc(C(=O)OCc2cc(=O)n3c(C)csc3n2)c1. The van der Waals surface area contributed by atoms with E-state index in [4.69, 9.17) is 4.74 Å². The molecule has 0 N–H and O–H groups in total. The van der Waals surface area contributed by atoms with Crippen LogP contribution in [0.1, 0.15) is 28.7 Å². The van der Waals surface area contributed by atoms with Crippen molar-refractivity contribution in [2.24, 2.45) is 0 Å². The zero-order chi connectivity index (χ0) is 23.6. The van der Waals surface area contributed by atoms with Crippen molar-refractivity contribution in [2.75, 3.05) is 10.8 Å². The van der Waals surface area contributed by atoms with E-state index in [-0.39, 0.29) is 29.2 Å². The number of benzene rings is 2. The lowest BCUT2D eigenvalue weighted by molar-refractivity contribution is 0.0467. The quantitative estimate of drug-likeness (QED) is 0.372. The summed E-state index contributed by atoms with van der Waals surface area (Å²) >= 11 is 1.32. The van der Waals surface area contributed by atoms with E-state index in [1.807, 2.05) is 12.3 Å². The maximum Gasteiger partial charge on any atom is 0.338 e. The summed E-state index contributed by atoms with van der Waals surface area (Å²) in [6.07, 6.45) is 0. The Hall–Kier alpha value is -3.50. The maximum atomic E-state index is 13.2. The molecule has 33 heavy (non-hydrogen) atoms. The van der Waals surface area contributed by atoms with Gasteiger partial charge < -0.3 is 4.74 Å². The van der Waals surface area contributed by atoms with Crippen LogP contribution in [0.25, 0.3) is 4.96 Å². The monoisotopic (exact) mass is 483 g/mol. The molecule has 4 aromatic rings. The van der Waals surface area contributed by atoms with Crippen LogP contribution >= 0.6 is 11.3 Å². The van der Waals surface area contributed by atoms with Crippen LogP contribution in [-0.4, -0.2) is 30.3 Å². The molecule has 0 saturated carbocycles. The third kappa shape index (κ3) is 4.53. The molecular weight excluding hydrogens is 462 g/mol. The number of carbonyl (C=O) groups excluding carboxylic acids is 1. The number of fused-ring (bicyclic) bond motifs is 1. The van der Waals surface area contributed by atoms with Crippen LogP contribution in [0, 0.1) is 6.92 Å². The molecule has 2 aromatic heterocycles. The highest BCUT2D eigenvalue weighted by Gasteiger charge is 2.24. The highest BCUT2D eigenvalue weighted by molar-refractivity contribution is 7.92. The molecular formula is C23H21N3O5S2. The minimum absolute atomic E-state index is 0.0190. The molecule has 0 aliphatic heterocycles. The van der Waals surface area contributed by atoms with E-state index in [9.17, 15) is 18.0 Å². The van der Waals surface area contributed by atoms with Gasteiger partial charge in [0, 0.05) is 23.7 Å². The van der Waals surface area contributed by atoms with E-state index in [1.54, 1.807) is 37.3 Å². The van der Waals surface area contributed by atoms with E-state index in [0.29, 0.717) is 16.3 Å². The first-order valence-electron chi connectivity index (χ1n) is 10.1. The number of para-hydroxylation sites is 1. The molecule has 8 nitrogen and oxygen atoms in total. The molecule has 0 unspecified atom stereocenters. The first kappa shape index (κ1) is 22.7. The highest BCUT2D eigenvalue weighted by atomic mass is 32.2. The van der Waals surface area contributed by atoms with E-state index < -0.39 is 16.0 Å². The van der Waals surface area contributed by atoms with Crippen LogP contribution < -0.4 is 9.86 Å². The van der Waals surface area contributed by atoms with Gasteiger partial charge in [0.1, 0.15) is 6.61 Å². The Balaban J connectivity index is 1.55. The highest BCUT2D eigenvalue weighted by Crippen LogP contribution is 2.24. The molecule has 170 valence electrons. The van der Waals surface area contributed by atoms with Gasteiger partial charge in [0.05, 0.1) is 21.8 Å². The number of esters is 1. The summed E-state index contributed by atoms with van der Waals surface area (Å²) in [6.45, 7) is 3.57. The van der Waals surface area contributed by atoms with Gasteiger partial charge >= 0.3 is 5.97 Å². The summed E-state index contributed by atoms with van der Waals surface area (Å²) in [5.74, 6) is -0.709. The van der Waals surface area contributed by atoms with E-state index in [2.05, 4.69) is 4.98 Å². The minimum Gasteiger partial charge on any atom is -0.456 e. The predicted octanol–water partition coefficient (Wildman–Crippen LogP) is 3.64. The first-order valence-corrected chi connectivity index (χ1v) is 12.4. The molecule has 10 heteroatoms. The molecule has 0 fully saturated rings. The number of anilines is 1. The Bertz CT molecular complexity index is 1480. The Morgan fingerprint density at radius 3 is 2.61 bits per heavy atom. The number of aromatic nitrogens is 2. The number of hydrogen-bond donors (Lipinski definition) is 0. The van der Waals surface area contributed by atoms with Gasteiger partial charge in [-0.15, -0.1) is 11.3 Å². The third-order valence-corrected chi connectivity index (χ3v) is 7.81. The van der Waals surface area contributed by atoms with Crippen molar-refractivity contribution in [1.82, 2.24) is 9.38 Å². The van der Waals surface area contributed by atoms with Crippen LogP contribution in [-0.2, 0) is 21.4 Å². The van der Waals surface area contributed by atoms with Gasteiger partial charge in [-0.2, -0.15) is 0 Å². The lowest BCUT2D eigenvalue weighted by atomic mass is 10.2. The van der Waals surface area contributed by atoms with Crippen LogP contribution in [0.4, 0.5) is 5.69 Å². The van der Waals surface area contributed by atoms with Crippen molar-refractivity contribution < 1.29 is 17.9 Å². The molecule has 0 amide bonds. The molecule has 0 aliphatic rings. The zero-order valence-electron chi connectivity index (χ0n) is 18.0. The van der Waals surface area contributed by atoms with E-state index in [0.717, 1.165) is 5.69 Å². The normalized spacial score (nSPS) is 11.5. The fourth-order valence-electron chi connectivity index (χ4n) is 3.39. The number of hydrogen-bond acceptors (Lipinski definition) is 7. The van der Waals surface area contributed by atoms with Crippen LogP contribution in [0.5, 0.6) is 0 Å². The molecule has 0 spiro atoms. The van der Waals surface area contributed by atoms with Gasteiger partial charge in [0.2, 0.25) is 0 Å². The summed E-state index contributed by atoms with van der Waals surface area (Å²) in [5, 5.41) is 1.82. The molecule has 0 atom stereocenters. The lowest BCUT2D eigenvalue weighted by Crippen LogP contribution is -2.30. The number of nitrogens with zero attached hydrogens (tertiary/aromatic N) is 3. The molecule has 0 saturated heterocycles. The number of ether oxygens (including phenoxy) is 1. The molecule has 0 radical (unpaired) electrons. The molecule has 0 bridgehead atoms. The van der Waals surface area contributed by atoms with Gasteiger partial charge in [-0.05, 0) is 44.2 Å². The largest absolute Gasteiger partial charge is 0.456 e. The third-order valence-electron chi connectivity index (χ3n) is 4.97. The summed E-state index contributed by atoms with van der Waals surface area (Å²) in [6, 6.07) is 15.8. The molecule has 0 aliphatic carbocycles. The maximum absolute atomic E-state index is 13.2. The number of sulfonamides is 1. The van der Waals surface area contributed by atoms with Gasteiger partial charge in [0.25, 0.3) is 15.6 Å². The number of thiazole rings is 1. The van der Waals surface area contributed by atoms with Gasteiger partial charge in [-0.1, -0.05) is 24.3 Å². The Kier molecular flexibility index (Phi) is 6.30. The summed E-state index contributed by atoms with van der Waals surface area (Å²) in [7, 11) is -3.88.